The Morgan fingerprint density at radius 2 is 2.04 bits per heavy atom. The predicted octanol–water partition coefficient (Wildman–Crippen LogP) is 3.40. The maximum atomic E-state index is 5.09. The van der Waals surface area contributed by atoms with Gasteiger partial charge in [-0.25, -0.2) is 0 Å². The number of thiophene rings is 1. The first-order valence-electron chi connectivity index (χ1n) is 7.70. The smallest absolute Gasteiger partial charge is 0.107 e. The molecule has 0 unspecified atom stereocenters. The van der Waals surface area contributed by atoms with Crippen LogP contribution in [0.4, 0.5) is 0 Å². The van der Waals surface area contributed by atoms with Crippen molar-refractivity contribution in [3.63, 3.8) is 0 Å². The Morgan fingerprint density at radius 3 is 2.78 bits per heavy atom. The lowest BCUT2D eigenvalue weighted by molar-refractivity contribution is 0.199. The van der Waals surface area contributed by atoms with Gasteiger partial charge >= 0.3 is 0 Å². The van der Waals surface area contributed by atoms with Crippen LogP contribution in [0.5, 0.6) is 0 Å². The van der Waals surface area contributed by atoms with Crippen LogP contribution in [0.1, 0.15) is 11.1 Å². The predicted molar refractivity (Wildman–Crippen MR) is 94.7 cm³/mol. The van der Waals surface area contributed by atoms with E-state index in [4.69, 9.17) is 9.84 Å². The topological polar surface area (TPSA) is 39.1 Å². The van der Waals surface area contributed by atoms with Crippen LogP contribution in [0, 0.1) is 0 Å². The summed E-state index contributed by atoms with van der Waals surface area (Å²) in [6.07, 6.45) is 2.14. The molecular formula is C18H21N3OS. The van der Waals surface area contributed by atoms with Crippen molar-refractivity contribution in [2.45, 2.75) is 13.1 Å². The SMILES string of the molecule is COCCNCc1cn(Cc2ccccc2)nc1-c1cccs1. The zero-order valence-electron chi connectivity index (χ0n) is 13.2. The molecule has 0 amide bonds. The Bertz CT molecular complexity index is 707. The second-order valence-corrected chi connectivity index (χ2v) is 6.28. The van der Waals surface area contributed by atoms with Crippen LogP contribution in [-0.4, -0.2) is 30.0 Å². The molecule has 1 aromatic carbocycles. The van der Waals surface area contributed by atoms with Crippen LogP contribution in [0.25, 0.3) is 10.6 Å². The zero-order valence-corrected chi connectivity index (χ0v) is 14.1. The first-order chi connectivity index (χ1) is 11.4. The average molecular weight is 327 g/mol. The number of methoxy groups -OCH3 is 1. The lowest BCUT2D eigenvalue weighted by atomic mass is 10.2. The second-order valence-electron chi connectivity index (χ2n) is 5.33. The summed E-state index contributed by atoms with van der Waals surface area (Å²) in [7, 11) is 1.72. The maximum absolute atomic E-state index is 5.09. The molecule has 5 heteroatoms. The van der Waals surface area contributed by atoms with Gasteiger partial charge in [0.05, 0.1) is 18.0 Å². The van der Waals surface area contributed by atoms with E-state index in [9.17, 15) is 0 Å². The van der Waals surface area contributed by atoms with Crippen molar-refractivity contribution in [1.29, 1.82) is 0 Å². The van der Waals surface area contributed by atoms with Crippen LogP contribution in [-0.2, 0) is 17.8 Å². The molecule has 3 rings (SSSR count). The summed E-state index contributed by atoms with van der Waals surface area (Å²) in [5.41, 5.74) is 3.55. The summed E-state index contributed by atoms with van der Waals surface area (Å²) in [4.78, 5) is 1.21. The maximum Gasteiger partial charge on any atom is 0.107 e. The van der Waals surface area contributed by atoms with Crippen molar-refractivity contribution in [3.05, 3.63) is 65.2 Å². The van der Waals surface area contributed by atoms with E-state index >= 15 is 0 Å². The summed E-state index contributed by atoms with van der Waals surface area (Å²) < 4.78 is 7.11. The van der Waals surface area contributed by atoms with E-state index in [2.05, 4.69) is 53.3 Å². The van der Waals surface area contributed by atoms with Crippen LogP contribution < -0.4 is 5.32 Å². The number of nitrogens with zero attached hydrogens (tertiary/aromatic N) is 2. The van der Waals surface area contributed by atoms with Crippen LogP contribution >= 0.6 is 11.3 Å². The van der Waals surface area contributed by atoms with Crippen molar-refractivity contribution in [2.24, 2.45) is 0 Å². The van der Waals surface area contributed by atoms with E-state index in [0.29, 0.717) is 6.61 Å². The molecule has 2 heterocycles. The number of hydrogen-bond acceptors (Lipinski definition) is 4. The van der Waals surface area contributed by atoms with E-state index < -0.39 is 0 Å². The van der Waals surface area contributed by atoms with Crippen molar-refractivity contribution >= 4 is 11.3 Å². The highest BCUT2D eigenvalue weighted by molar-refractivity contribution is 7.13. The van der Waals surface area contributed by atoms with Gasteiger partial charge in [0.1, 0.15) is 5.69 Å². The van der Waals surface area contributed by atoms with Gasteiger partial charge in [0.15, 0.2) is 0 Å². The third kappa shape index (κ3) is 4.28. The number of benzene rings is 1. The van der Waals surface area contributed by atoms with Crippen LogP contribution in [0.15, 0.2) is 54.0 Å². The molecule has 0 bridgehead atoms. The van der Waals surface area contributed by atoms with Gasteiger partial charge in [0.2, 0.25) is 0 Å². The number of aromatic nitrogens is 2. The van der Waals surface area contributed by atoms with Crippen molar-refractivity contribution in [1.82, 2.24) is 15.1 Å². The van der Waals surface area contributed by atoms with Gasteiger partial charge in [-0.15, -0.1) is 11.3 Å². The van der Waals surface area contributed by atoms with E-state index in [1.54, 1.807) is 18.4 Å². The molecule has 0 fully saturated rings. The Hall–Kier alpha value is -1.95. The van der Waals surface area contributed by atoms with Gasteiger partial charge < -0.3 is 10.1 Å². The standard InChI is InChI=1S/C18H21N3OS/c1-22-10-9-19-12-16-14-21(13-15-6-3-2-4-7-15)20-18(16)17-8-5-11-23-17/h2-8,11,14,19H,9-10,12-13H2,1H3. The Labute approximate surface area is 140 Å². The minimum absolute atomic E-state index is 0.715. The highest BCUT2D eigenvalue weighted by Crippen LogP contribution is 2.26. The minimum Gasteiger partial charge on any atom is -0.383 e. The normalized spacial score (nSPS) is 11.0. The van der Waals surface area contributed by atoms with Gasteiger partial charge in [-0.3, -0.25) is 4.68 Å². The average Bonchev–Trinajstić information content (AvgIpc) is 3.22. The summed E-state index contributed by atoms with van der Waals surface area (Å²) in [5.74, 6) is 0. The van der Waals surface area contributed by atoms with Crippen LogP contribution in [0.3, 0.4) is 0 Å². The van der Waals surface area contributed by atoms with Gasteiger partial charge in [-0.05, 0) is 17.0 Å². The molecule has 3 aromatic rings. The first-order valence-corrected chi connectivity index (χ1v) is 8.58. The molecule has 0 aliphatic rings. The van der Waals surface area contributed by atoms with Gasteiger partial charge in [-0.2, -0.15) is 5.10 Å². The zero-order chi connectivity index (χ0) is 15.9. The van der Waals surface area contributed by atoms with Gasteiger partial charge in [0, 0.05) is 32.0 Å². The second kappa shape index (κ2) is 8.06. The molecule has 0 saturated heterocycles. The number of ether oxygens (including phenoxy) is 1. The van der Waals surface area contributed by atoms with Crippen molar-refractivity contribution in [2.75, 3.05) is 20.3 Å². The Morgan fingerprint density at radius 1 is 1.17 bits per heavy atom. The molecule has 0 atom stereocenters. The summed E-state index contributed by atoms with van der Waals surface area (Å²) in [6, 6.07) is 14.6. The third-order valence-corrected chi connectivity index (χ3v) is 4.45. The Kier molecular flexibility index (Phi) is 5.58. The molecule has 120 valence electrons. The fourth-order valence-electron chi connectivity index (χ4n) is 2.46. The summed E-state index contributed by atoms with van der Waals surface area (Å²) in [6.45, 7) is 3.14. The molecule has 4 nitrogen and oxygen atoms in total. The van der Waals surface area contributed by atoms with E-state index in [1.807, 2.05) is 10.7 Å². The molecular weight excluding hydrogens is 306 g/mol. The van der Waals surface area contributed by atoms with Crippen LogP contribution in [0.2, 0.25) is 0 Å². The molecule has 0 saturated carbocycles. The minimum atomic E-state index is 0.715. The molecule has 1 N–H and O–H groups in total. The van der Waals surface area contributed by atoms with Crippen molar-refractivity contribution < 1.29 is 4.74 Å². The third-order valence-electron chi connectivity index (χ3n) is 3.58. The fraction of sp³-hybridized carbons (Fsp3) is 0.278. The largest absolute Gasteiger partial charge is 0.383 e. The quantitative estimate of drug-likeness (QED) is 0.645. The van der Waals surface area contributed by atoms with E-state index in [0.717, 1.165) is 25.3 Å². The summed E-state index contributed by atoms with van der Waals surface area (Å²) in [5, 5.41) is 10.3. The lowest BCUT2D eigenvalue weighted by Gasteiger charge is -2.03. The fourth-order valence-corrected chi connectivity index (χ4v) is 3.21. The lowest BCUT2D eigenvalue weighted by Crippen LogP contribution is -2.18. The first kappa shape index (κ1) is 15.9. The Balaban J connectivity index is 1.78. The number of rotatable bonds is 8. The van der Waals surface area contributed by atoms with E-state index in [1.165, 1.54) is 16.0 Å². The summed E-state index contributed by atoms with van der Waals surface area (Å²) >= 11 is 1.73. The molecule has 0 spiro atoms. The van der Waals surface area contributed by atoms with E-state index in [-0.39, 0.29) is 0 Å². The molecule has 2 aromatic heterocycles. The van der Waals surface area contributed by atoms with Gasteiger partial charge in [-0.1, -0.05) is 36.4 Å². The van der Waals surface area contributed by atoms with Crippen molar-refractivity contribution in [3.8, 4) is 10.6 Å². The van der Waals surface area contributed by atoms with Gasteiger partial charge in [0.25, 0.3) is 0 Å². The highest BCUT2D eigenvalue weighted by atomic mass is 32.1. The highest BCUT2D eigenvalue weighted by Gasteiger charge is 2.12. The molecule has 0 aliphatic heterocycles. The molecule has 0 aliphatic carbocycles. The number of hydrogen-bond donors (Lipinski definition) is 1. The molecule has 23 heavy (non-hydrogen) atoms. The number of nitrogens with one attached hydrogen (secondary N) is 1. The monoisotopic (exact) mass is 327 g/mol. The molecule has 0 radical (unpaired) electrons.